The summed E-state index contributed by atoms with van der Waals surface area (Å²) in [7, 11) is 1.40. The molecule has 3 N–H and O–H groups in total. The molecular weight excluding hydrogens is 308 g/mol. The summed E-state index contributed by atoms with van der Waals surface area (Å²) in [5, 5.41) is 20.8. The Kier molecular flexibility index (Phi) is 5.15. The minimum absolute atomic E-state index is 0.0407. The monoisotopic (exact) mass is 326 g/mol. The van der Waals surface area contributed by atoms with E-state index in [1.807, 2.05) is 0 Å². The lowest BCUT2D eigenvalue weighted by Crippen LogP contribution is -2.38. The second-order valence-electron chi connectivity index (χ2n) is 5.12. The van der Waals surface area contributed by atoms with E-state index in [2.05, 4.69) is 5.32 Å². The summed E-state index contributed by atoms with van der Waals surface area (Å²) in [6.07, 6.45) is 3.41. The summed E-state index contributed by atoms with van der Waals surface area (Å²) in [5.41, 5.74) is 0.876. The van der Waals surface area contributed by atoms with Crippen LogP contribution in [0.4, 0.5) is 5.00 Å². The summed E-state index contributed by atoms with van der Waals surface area (Å²) in [6.45, 7) is -0.206. The number of fused-ring (bicyclic) bond motifs is 1. The standard InChI is InChI=1S/C14H18N2O5S/c1-16(6-7-17)13(19)11(18)15-12-10(14(20)21)8-4-2-3-5-9(8)22-12/h17H,2-7H2,1H3,(H,15,18)(H,20,21). The minimum atomic E-state index is -1.09. The van der Waals surface area contributed by atoms with E-state index in [1.165, 1.54) is 18.4 Å². The number of aliphatic hydroxyl groups is 1. The Morgan fingerprint density at radius 2 is 1.95 bits per heavy atom. The molecule has 2 rings (SSSR count). The number of carboxylic acids is 1. The van der Waals surface area contributed by atoms with Gasteiger partial charge in [0.15, 0.2) is 0 Å². The molecule has 0 aromatic carbocycles. The molecule has 0 radical (unpaired) electrons. The zero-order chi connectivity index (χ0) is 16.3. The van der Waals surface area contributed by atoms with E-state index in [9.17, 15) is 19.5 Å². The molecule has 0 bridgehead atoms. The van der Waals surface area contributed by atoms with Gasteiger partial charge in [0.2, 0.25) is 0 Å². The molecule has 1 aromatic heterocycles. The number of carbonyl (C=O) groups is 3. The molecule has 1 aliphatic carbocycles. The number of rotatable bonds is 4. The van der Waals surface area contributed by atoms with Crippen molar-refractivity contribution in [3.8, 4) is 0 Å². The molecule has 0 spiro atoms. The fourth-order valence-corrected chi connectivity index (χ4v) is 3.74. The Hall–Kier alpha value is -1.93. The predicted molar refractivity (Wildman–Crippen MR) is 81.3 cm³/mol. The number of carboxylic acid groups (broad SMARTS) is 1. The van der Waals surface area contributed by atoms with Gasteiger partial charge in [-0.05, 0) is 31.2 Å². The van der Waals surface area contributed by atoms with Crippen LogP contribution in [0.15, 0.2) is 0 Å². The highest BCUT2D eigenvalue weighted by molar-refractivity contribution is 7.17. The lowest BCUT2D eigenvalue weighted by atomic mass is 9.95. The van der Waals surface area contributed by atoms with Crippen LogP contribution < -0.4 is 5.32 Å². The number of carbonyl (C=O) groups excluding carboxylic acids is 2. The van der Waals surface area contributed by atoms with Gasteiger partial charge in [-0.1, -0.05) is 0 Å². The van der Waals surface area contributed by atoms with Crippen molar-refractivity contribution in [3.05, 3.63) is 16.0 Å². The van der Waals surface area contributed by atoms with E-state index in [0.717, 1.165) is 34.6 Å². The van der Waals surface area contributed by atoms with Gasteiger partial charge in [-0.15, -0.1) is 11.3 Å². The normalized spacial score (nSPS) is 13.4. The molecule has 1 aromatic rings. The molecule has 0 unspecified atom stereocenters. The Balaban J connectivity index is 2.22. The molecule has 0 atom stereocenters. The van der Waals surface area contributed by atoms with Crippen LogP contribution in [0, 0.1) is 0 Å². The molecule has 22 heavy (non-hydrogen) atoms. The Labute approximate surface area is 131 Å². The van der Waals surface area contributed by atoms with Crippen molar-refractivity contribution in [3.63, 3.8) is 0 Å². The Morgan fingerprint density at radius 3 is 2.59 bits per heavy atom. The minimum Gasteiger partial charge on any atom is -0.478 e. The van der Waals surface area contributed by atoms with Crippen LogP contribution in [-0.4, -0.2) is 53.1 Å². The number of amides is 2. The van der Waals surface area contributed by atoms with E-state index >= 15 is 0 Å². The number of hydrogen-bond acceptors (Lipinski definition) is 5. The van der Waals surface area contributed by atoms with Gasteiger partial charge >= 0.3 is 17.8 Å². The topological polar surface area (TPSA) is 107 Å². The van der Waals surface area contributed by atoms with Crippen LogP contribution in [0.5, 0.6) is 0 Å². The Bertz CT molecular complexity index is 611. The number of aryl methyl sites for hydroxylation is 1. The summed E-state index contributed by atoms with van der Waals surface area (Å²) in [6, 6.07) is 0. The van der Waals surface area contributed by atoms with Crippen molar-refractivity contribution in [2.75, 3.05) is 25.5 Å². The van der Waals surface area contributed by atoms with Crippen molar-refractivity contribution in [2.45, 2.75) is 25.7 Å². The lowest BCUT2D eigenvalue weighted by molar-refractivity contribution is -0.142. The van der Waals surface area contributed by atoms with Crippen molar-refractivity contribution in [1.82, 2.24) is 4.90 Å². The zero-order valence-electron chi connectivity index (χ0n) is 12.2. The van der Waals surface area contributed by atoms with E-state index in [0.29, 0.717) is 6.42 Å². The van der Waals surface area contributed by atoms with Gasteiger partial charge in [0.25, 0.3) is 0 Å². The largest absolute Gasteiger partial charge is 0.478 e. The van der Waals surface area contributed by atoms with Crippen molar-refractivity contribution in [2.24, 2.45) is 0 Å². The van der Waals surface area contributed by atoms with E-state index in [1.54, 1.807) is 0 Å². The first-order chi connectivity index (χ1) is 10.5. The molecule has 1 heterocycles. The van der Waals surface area contributed by atoms with Gasteiger partial charge in [-0.25, -0.2) is 4.79 Å². The quantitative estimate of drug-likeness (QED) is 0.707. The molecular formula is C14H18N2O5S. The molecule has 7 nitrogen and oxygen atoms in total. The van der Waals surface area contributed by atoms with Crippen LogP contribution >= 0.6 is 11.3 Å². The maximum absolute atomic E-state index is 11.9. The third-order valence-corrected chi connectivity index (χ3v) is 4.80. The van der Waals surface area contributed by atoms with Gasteiger partial charge in [-0.2, -0.15) is 0 Å². The highest BCUT2D eigenvalue weighted by atomic mass is 32.1. The number of nitrogens with one attached hydrogen (secondary N) is 1. The first-order valence-corrected chi connectivity index (χ1v) is 7.82. The lowest BCUT2D eigenvalue weighted by Gasteiger charge is -2.14. The first kappa shape index (κ1) is 16.4. The zero-order valence-corrected chi connectivity index (χ0v) is 13.0. The second-order valence-corrected chi connectivity index (χ2v) is 6.23. The van der Waals surface area contributed by atoms with Gasteiger partial charge in [0.1, 0.15) is 5.00 Å². The van der Waals surface area contributed by atoms with Crippen molar-refractivity contribution < 1.29 is 24.6 Å². The molecule has 1 aliphatic rings. The highest BCUT2D eigenvalue weighted by Gasteiger charge is 2.28. The van der Waals surface area contributed by atoms with Gasteiger partial charge in [0, 0.05) is 18.5 Å². The van der Waals surface area contributed by atoms with E-state index in [4.69, 9.17) is 5.11 Å². The van der Waals surface area contributed by atoms with Gasteiger partial charge < -0.3 is 20.4 Å². The fraction of sp³-hybridized carbons (Fsp3) is 0.500. The van der Waals surface area contributed by atoms with Crippen molar-refractivity contribution in [1.29, 1.82) is 0 Å². The molecule has 0 fully saturated rings. The predicted octanol–water partition coefficient (Wildman–Crippen LogP) is 0.714. The number of thiophene rings is 1. The molecule has 2 amide bonds. The van der Waals surface area contributed by atoms with E-state index < -0.39 is 17.8 Å². The summed E-state index contributed by atoms with van der Waals surface area (Å²) >= 11 is 1.23. The maximum Gasteiger partial charge on any atom is 0.339 e. The van der Waals surface area contributed by atoms with Crippen molar-refractivity contribution >= 4 is 34.1 Å². The average Bonchev–Trinajstić information content (AvgIpc) is 2.84. The molecule has 0 saturated carbocycles. The highest BCUT2D eigenvalue weighted by Crippen LogP contribution is 2.38. The smallest absolute Gasteiger partial charge is 0.339 e. The third kappa shape index (κ3) is 3.28. The first-order valence-electron chi connectivity index (χ1n) is 7.00. The number of anilines is 1. The summed E-state index contributed by atoms with van der Waals surface area (Å²) < 4.78 is 0. The molecule has 0 saturated heterocycles. The van der Waals surface area contributed by atoms with Crippen LogP contribution in [0.2, 0.25) is 0 Å². The molecule has 0 aliphatic heterocycles. The van der Waals surface area contributed by atoms with Crippen LogP contribution in [0.3, 0.4) is 0 Å². The Morgan fingerprint density at radius 1 is 1.27 bits per heavy atom. The number of likely N-dealkylation sites (N-methyl/N-ethyl adjacent to an activating group) is 1. The molecule has 120 valence electrons. The van der Waals surface area contributed by atoms with Crippen LogP contribution in [0.1, 0.15) is 33.6 Å². The summed E-state index contributed by atoms with van der Waals surface area (Å²) in [4.78, 5) is 37.3. The SMILES string of the molecule is CN(CCO)C(=O)C(=O)Nc1sc2c(c1C(=O)O)CCCC2. The maximum atomic E-state index is 11.9. The number of aromatic carboxylic acids is 1. The summed E-state index contributed by atoms with van der Waals surface area (Å²) in [5.74, 6) is -2.79. The second kappa shape index (κ2) is 6.89. The molecule has 8 heteroatoms. The average molecular weight is 326 g/mol. The van der Waals surface area contributed by atoms with Crippen LogP contribution in [-0.2, 0) is 22.4 Å². The number of aliphatic hydroxyl groups excluding tert-OH is 1. The van der Waals surface area contributed by atoms with Gasteiger partial charge in [-0.3, -0.25) is 9.59 Å². The van der Waals surface area contributed by atoms with E-state index in [-0.39, 0.29) is 23.7 Å². The number of hydrogen-bond donors (Lipinski definition) is 3. The third-order valence-electron chi connectivity index (χ3n) is 3.59. The number of nitrogens with zero attached hydrogens (tertiary/aromatic N) is 1. The van der Waals surface area contributed by atoms with Crippen LogP contribution in [0.25, 0.3) is 0 Å². The van der Waals surface area contributed by atoms with Gasteiger partial charge in [0.05, 0.1) is 12.2 Å². The fourth-order valence-electron chi connectivity index (χ4n) is 2.46.